The second-order valence-corrected chi connectivity index (χ2v) is 10.2. The quantitative estimate of drug-likeness (QED) is 0.644. The van der Waals surface area contributed by atoms with Gasteiger partial charge in [0.05, 0.1) is 12.2 Å². The van der Waals surface area contributed by atoms with Crippen molar-refractivity contribution in [3.8, 4) is 5.69 Å². The SMILES string of the molecule is CC(C)(C)c1ccc(Cn2c(=O)sn(-c3ccc(C(C)(C)C)cc3)c2=O)cc1. The van der Waals surface area contributed by atoms with Crippen LogP contribution in [0.4, 0.5) is 0 Å². The summed E-state index contributed by atoms with van der Waals surface area (Å²) in [7, 11) is 0. The van der Waals surface area contributed by atoms with Crippen LogP contribution in [-0.2, 0) is 17.4 Å². The van der Waals surface area contributed by atoms with Gasteiger partial charge in [0.2, 0.25) is 0 Å². The van der Waals surface area contributed by atoms with Crippen molar-refractivity contribution in [2.75, 3.05) is 0 Å². The predicted molar refractivity (Wildman–Crippen MR) is 117 cm³/mol. The van der Waals surface area contributed by atoms with Crippen LogP contribution in [-0.4, -0.2) is 8.52 Å². The van der Waals surface area contributed by atoms with Crippen LogP contribution in [0.1, 0.15) is 58.2 Å². The summed E-state index contributed by atoms with van der Waals surface area (Å²) in [5, 5.41) is 0. The van der Waals surface area contributed by atoms with Gasteiger partial charge < -0.3 is 0 Å². The van der Waals surface area contributed by atoms with Gasteiger partial charge in [-0.15, -0.1) is 0 Å². The van der Waals surface area contributed by atoms with E-state index in [0.717, 1.165) is 22.8 Å². The molecular weight excluding hydrogens is 368 g/mol. The van der Waals surface area contributed by atoms with Gasteiger partial charge in [-0.1, -0.05) is 77.9 Å². The lowest BCUT2D eigenvalue weighted by Crippen LogP contribution is -2.29. The highest BCUT2D eigenvalue weighted by Crippen LogP contribution is 2.23. The molecule has 0 aliphatic rings. The third-order valence-electron chi connectivity index (χ3n) is 4.92. The van der Waals surface area contributed by atoms with Gasteiger partial charge in [0.15, 0.2) is 0 Å². The summed E-state index contributed by atoms with van der Waals surface area (Å²) in [5.41, 5.74) is 3.91. The average Bonchev–Trinajstić information content (AvgIpc) is 2.89. The Bertz CT molecular complexity index is 1070. The van der Waals surface area contributed by atoms with Crippen LogP contribution in [0.5, 0.6) is 0 Å². The van der Waals surface area contributed by atoms with Crippen molar-refractivity contribution in [2.24, 2.45) is 0 Å². The molecule has 0 atom stereocenters. The van der Waals surface area contributed by atoms with E-state index in [-0.39, 0.29) is 27.9 Å². The molecule has 0 fully saturated rings. The van der Waals surface area contributed by atoms with Crippen molar-refractivity contribution in [3.05, 3.63) is 85.4 Å². The fraction of sp³-hybridized carbons (Fsp3) is 0.391. The first-order chi connectivity index (χ1) is 13.0. The van der Waals surface area contributed by atoms with E-state index in [1.54, 1.807) is 0 Å². The number of nitrogens with zero attached hydrogens (tertiary/aromatic N) is 2. The second kappa shape index (κ2) is 7.21. The van der Waals surface area contributed by atoms with E-state index < -0.39 is 0 Å². The van der Waals surface area contributed by atoms with Crippen molar-refractivity contribution < 1.29 is 0 Å². The Labute approximate surface area is 170 Å². The minimum Gasteiger partial charge on any atom is -0.255 e. The molecule has 28 heavy (non-hydrogen) atoms. The van der Waals surface area contributed by atoms with Gasteiger partial charge in [-0.3, -0.25) is 4.79 Å². The van der Waals surface area contributed by atoms with E-state index in [1.807, 2.05) is 36.4 Å². The molecule has 0 aliphatic heterocycles. The topological polar surface area (TPSA) is 44.0 Å². The smallest absolute Gasteiger partial charge is 0.255 e. The standard InChI is InChI=1S/C23H28N2O2S/c1-22(2,3)17-9-7-16(8-10-17)15-24-20(26)25(28-21(24)27)19-13-11-18(12-14-19)23(4,5)6/h7-14H,15H2,1-6H3. The maximum atomic E-state index is 12.8. The Morgan fingerprint density at radius 2 is 1.21 bits per heavy atom. The first kappa shape index (κ1) is 20.3. The summed E-state index contributed by atoms with van der Waals surface area (Å²) in [4.78, 5) is 25.0. The van der Waals surface area contributed by atoms with E-state index in [4.69, 9.17) is 0 Å². The Kier molecular flexibility index (Phi) is 5.24. The summed E-state index contributed by atoms with van der Waals surface area (Å²) < 4.78 is 2.77. The second-order valence-electron chi connectivity index (χ2n) is 9.26. The zero-order valence-corrected chi connectivity index (χ0v) is 18.3. The fourth-order valence-corrected chi connectivity index (χ4v) is 3.84. The van der Waals surface area contributed by atoms with E-state index in [9.17, 15) is 9.59 Å². The maximum Gasteiger partial charge on any atom is 0.346 e. The van der Waals surface area contributed by atoms with Gasteiger partial charge in [-0.05, 0) is 39.7 Å². The molecule has 1 aromatic heterocycles. The maximum absolute atomic E-state index is 12.8. The summed E-state index contributed by atoms with van der Waals surface area (Å²) in [6.07, 6.45) is 0. The molecule has 5 heteroatoms. The highest BCUT2D eigenvalue weighted by Gasteiger charge is 2.16. The first-order valence-electron chi connectivity index (χ1n) is 9.50. The zero-order chi connectivity index (χ0) is 20.7. The van der Waals surface area contributed by atoms with Gasteiger partial charge >= 0.3 is 10.6 Å². The third kappa shape index (κ3) is 4.20. The molecule has 0 saturated heterocycles. The van der Waals surface area contributed by atoms with Crippen molar-refractivity contribution >= 4 is 11.5 Å². The molecule has 2 aromatic carbocycles. The van der Waals surface area contributed by atoms with Crippen LogP contribution in [0.2, 0.25) is 0 Å². The van der Waals surface area contributed by atoms with Crippen LogP contribution < -0.4 is 10.6 Å². The monoisotopic (exact) mass is 396 g/mol. The van der Waals surface area contributed by atoms with Crippen LogP contribution >= 0.6 is 11.5 Å². The predicted octanol–water partition coefficient (Wildman–Crippen LogP) is 4.70. The third-order valence-corrected chi connectivity index (χ3v) is 5.85. The van der Waals surface area contributed by atoms with E-state index in [0.29, 0.717) is 0 Å². The summed E-state index contributed by atoms with van der Waals surface area (Å²) in [6.45, 7) is 13.2. The molecule has 3 aromatic rings. The molecular formula is C23H28N2O2S. The van der Waals surface area contributed by atoms with Crippen molar-refractivity contribution in [1.29, 1.82) is 0 Å². The first-order valence-corrected chi connectivity index (χ1v) is 10.3. The van der Waals surface area contributed by atoms with Crippen LogP contribution in [0.15, 0.2) is 58.1 Å². The molecule has 1 heterocycles. The zero-order valence-electron chi connectivity index (χ0n) is 17.4. The molecule has 0 bridgehead atoms. The number of aromatic nitrogens is 2. The van der Waals surface area contributed by atoms with Gasteiger partial charge in [-0.25, -0.2) is 13.3 Å². The molecule has 0 aliphatic carbocycles. The number of hydrogen-bond acceptors (Lipinski definition) is 3. The Morgan fingerprint density at radius 3 is 1.68 bits per heavy atom. The van der Waals surface area contributed by atoms with Crippen molar-refractivity contribution in [2.45, 2.75) is 58.9 Å². The molecule has 0 amide bonds. The number of hydrogen-bond donors (Lipinski definition) is 0. The van der Waals surface area contributed by atoms with E-state index in [2.05, 4.69) is 53.7 Å². The molecule has 3 rings (SSSR count). The van der Waals surface area contributed by atoms with Gasteiger partial charge in [0.1, 0.15) is 0 Å². The average molecular weight is 397 g/mol. The van der Waals surface area contributed by atoms with Crippen LogP contribution in [0.25, 0.3) is 5.69 Å². The minimum absolute atomic E-state index is 0.0434. The van der Waals surface area contributed by atoms with Crippen molar-refractivity contribution in [1.82, 2.24) is 8.52 Å². The van der Waals surface area contributed by atoms with Crippen LogP contribution in [0.3, 0.4) is 0 Å². The minimum atomic E-state index is -0.293. The number of rotatable bonds is 3. The molecule has 4 nitrogen and oxygen atoms in total. The Balaban J connectivity index is 1.90. The molecule has 148 valence electrons. The molecule has 0 N–H and O–H groups in total. The highest BCUT2D eigenvalue weighted by molar-refractivity contribution is 7.03. The van der Waals surface area contributed by atoms with Gasteiger partial charge in [-0.2, -0.15) is 0 Å². The molecule has 0 unspecified atom stereocenters. The summed E-state index contributed by atoms with van der Waals surface area (Å²) >= 11 is 0.946. The van der Waals surface area contributed by atoms with E-state index in [1.165, 1.54) is 19.7 Å². The lowest BCUT2D eigenvalue weighted by molar-refractivity contribution is 0.589. The molecule has 0 spiro atoms. The highest BCUT2D eigenvalue weighted by atomic mass is 32.1. The lowest BCUT2D eigenvalue weighted by atomic mass is 9.87. The summed E-state index contributed by atoms with van der Waals surface area (Å²) in [5.74, 6) is 0. The Morgan fingerprint density at radius 1 is 0.750 bits per heavy atom. The molecule has 0 radical (unpaired) electrons. The van der Waals surface area contributed by atoms with E-state index >= 15 is 0 Å². The van der Waals surface area contributed by atoms with Gasteiger partial charge in [0.25, 0.3) is 0 Å². The Hall–Kier alpha value is -2.40. The number of benzene rings is 2. The fourth-order valence-electron chi connectivity index (χ4n) is 3.04. The van der Waals surface area contributed by atoms with Crippen molar-refractivity contribution in [3.63, 3.8) is 0 Å². The van der Waals surface area contributed by atoms with Crippen LogP contribution in [0, 0.1) is 0 Å². The normalized spacial score (nSPS) is 12.4. The van der Waals surface area contributed by atoms with Gasteiger partial charge in [0, 0.05) is 11.5 Å². The lowest BCUT2D eigenvalue weighted by Gasteiger charge is -2.19. The summed E-state index contributed by atoms with van der Waals surface area (Å²) in [6, 6.07) is 16.0. The molecule has 0 saturated carbocycles. The largest absolute Gasteiger partial charge is 0.346 e.